The van der Waals surface area contributed by atoms with Crippen LogP contribution >= 0.6 is 0 Å². The maximum absolute atomic E-state index is 11.7. The maximum atomic E-state index is 11.7. The van der Waals surface area contributed by atoms with Crippen LogP contribution in [0.4, 0.5) is 5.69 Å². The normalized spacial score (nSPS) is 15.2. The van der Waals surface area contributed by atoms with Crippen molar-refractivity contribution in [3.05, 3.63) is 95.7 Å². The fourth-order valence-electron chi connectivity index (χ4n) is 4.92. The van der Waals surface area contributed by atoms with Gasteiger partial charge in [0.05, 0.1) is 18.4 Å². The molecule has 5 rings (SSSR count). The third kappa shape index (κ3) is 7.59. The predicted molar refractivity (Wildman–Crippen MR) is 165 cm³/mol. The second-order valence-electron chi connectivity index (χ2n) is 10.1. The smallest absolute Gasteiger partial charge is 0.374 e. The Kier molecular flexibility index (Phi) is 9.43. The van der Waals surface area contributed by atoms with Crippen LogP contribution in [-0.4, -0.2) is 40.6 Å². The number of nitrogens with zero attached hydrogens (tertiary/aromatic N) is 2. The minimum atomic E-state index is -4.23. The molecule has 1 unspecified atom stereocenters. The number of fused-ring (bicyclic) bond motifs is 2. The summed E-state index contributed by atoms with van der Waals surface area (Å²) in [6, 6.07) is 21.5. The van der Waals surface area contributed by atoms with Gasteiger partial charge in [0, 0.05) is 18.7 Å². The standard InChI is InChI=1S/C31H32N2O8S2/c1-3-23(19-30-32(14-7-16-39-42(34)35)26-18-22(2)10-12-28(26)40-30)20-31-33(15-17-43(36,37)38)27-21-25(11-13-29(27)41-31)24-8-5-4-6-9-24/h4-6,8-13,18-21H,3,7,14-17H2,1-2H3,(H-,34,35,36,37,38)/p+1. The van der Waals surface area contributed by atoms with E-state index in [-0.39, 0.29) is 13.2 Å². The Bertz CT molecular complexity index is 1810. The molecule has 0 fully saturated rings. The van der Waals surface area contributed by atoms with Crippen LogP contribution in [0.25, 0.3) is 28.3 Å². The van der Waals surface area contributed by atoms with Gasteiger partial charge in [-0.2, -0.15) is 17.2 Å². The van der Waals surface area contributed by atoms with Gasteiger partial charge in [-0.15, -0.1) is 0 Å². The van der Waals surface area contributed by atoms with Gasteiger partial charge in [-0.05, 0) is 60.2 Å². The molecule has 0 saturated heterocycles. The van der Waals surface area contributed by atoms with E-state index >= 15 is 0 Å². The van der Waals surface area contributed by atoms with E-state index < -0.39 is 27.2 Å². The lowest BCUT2D eigenvalue weighted by atomic mass is 10.1. The molecule has 12 heteroatoms. The average molecular weight is 626 g/mol. The first-order valence-corrected chi connectivity index (χ1v) is 16.4. The molecule has 226 valence electrons. The summed E-state index contributed by atoms with van der Waals surface area (Å²) < 4.78 is 71.8. The molecule has 1 aromatic heterocycles. The first-order chi connectivity index (χ1) is 20.6. The van der Waals surface area contributed by atoms with E-state index in [1.54, 1.807) is 4.57 Å². The first-order valence-electron chi connectivity index (χ1n) is 13.8. The number of aromatic nitrogens is 1. The van der Waals surface area contributed by atoms with Crippen molar-refractivity contribution < 1.29 is 39.6 Å². The minimum absolute atomic E-state index is 0.0109. The zero-order valence-electron chi connectivity index (χ0n) is 23.8. The van der Waals surface area contributed by atoms with Crippen molar-refractivity contribution in [2.24, 2.45) is 0 Å². The minimum Gasteiger partial charge on any atom is -0.439 e. The fourth-order valence-corrected chi connectivity index (χ4v) is 5.59. The number of oxazole rings is 1. The van der Waals surface area contributed by atoms with Crippen molar-refractivity contribution in [2.75, 3.05) is 23.8 Å². The number of hydrogen-bond donors (Lipinski definition) is 2. The Morgan fingerprint density at radius 2 is 1.88 bits per heavy atom. The molecule has 3 aromatic carbocycles. The molecule has 1 aliphatic heterocycles. The van der Waals surface area contributed by atoms with Crippen LogP contribution < -0.4 is 14.2 Å². The molecular formula is C31H33N2O8S2+. The van der Waals surface area contributed by atoms with Crippen LogP contribution in [0.3, 0.4) is 0 Å². The second kappa shape index (κ2) is 13.2. The van der Waals surface area contributed by atoms with Crippen molar-refractivity contribution in [1.29, 1.82) is 0 Å². The SMILES string of the molecule is CCC(=Cc1oc2ccc(-c3ccccc3)cc2[n+]1CCS(=O)(=O)O)C=C1Oc2ccc(C)cc2N1CCCOS(=O)O. The Hall–Kier alpha value is -3.81. The zero-order chi connectivity index (χ0) is 30.6. The summed E-state index contributed by atoms with van der Waals surface area (Å²) in [4.78, 5) is 1.99. The third-order valence-electron chi connectivity index (χ3n) is 7.03. The molecule has 4 aromatic rings. The number of allylic oxidation sites excluding steroid dienone is 2. The summed E-state index contributed by atoms with van der Waals surface area (Å²) in [6.45, 7) is 4.55. The van der Waals surface area contributed by atoms with Gasteiger partial charge in [0.1, 0.15) is 5.75 Å². The summed E-state index contributed by atoms with van der Waals surface area (Å²) in [5.41, 5.74) is 6.01. The number of ether oxygens (including phenoxy) is 1. The lowest BCUT2D eigenvalue weighted by Gasteiger charge is -2.18. The van der Waals surface area contributed by atoms with Gasteiger partial charge < -0.3 is 14.1 Å². The van der Waals surface area contributed by atoms with Crippen molar-refractivity contribution >= 4 is 44.3 Å². The number of anilines is 1. The van der Waals surface area contributed by atoms with Gasteiger partial charge in [-0.1, -0.05) is 49.4 Å². The summed E-state index contributed by atoms with van der Waals surface area (Å²) in [5.74, 6) is 1.22. The van der Waals surface area contributed by atoms with E-state index in [4.69, 9.17) is 17.9 Å². The molecule has 0 radical (unpaired) electrons. The van der Waals surface area contributed by atoms with Gasteiger partial charge in [-0.25, -0.2) is 0 Å². The molecular weight excluding hydrogens is 592 g/mol. The highest BCUT2D eigenvalue weighted by molar-refractivity contribution is 7.85. The molecule has 43 heavy (non-hydrogen) atoms. The van der Waals surface area contributed by atoms with E-state index in [2.05, 4.69) is 0 Å². The second-order valence-corrected chi connectivity index (χ2v) is 12.3. The summed E-state index contributed by atoms with van der Waals surface area (Å²) in [6.07, 6.45) is 4.82. The Labute approximate surface area is 253 Å². The fraction of sp³-hybridized carbons (Fsp3) is 0.258. The van der Waals surface area contributed by atoms with E-state index in [0.29, 0.717) is 48.0 Å². The molecule has 1 atom stereocenters. The van der Waals surface area contributed by atoms with E-state index in [0.717, 1.165) is 28.0 Å². The first kappa shape index (κ1) is 30.6. The van der Waals surface area contributed by atoms with Gasteiger partial charge >= 0.3 is 17.3 Å². The highest BCUT2D eigenvalue weighted by Crippen LogP contribution is 2.40. The number of aryl methyl sites for hydroxylation is 2. The van der Waals surface area contributed by atoms with Crippen molar-refractivity contribution in [3.8, 4) is 16.9 Å². The lowest BCUT2D eigenvalue weighted by molar-refractivity contribution is -0.673. The van der Waals surface area contributed by atoms with Gasteiger partial charge in [-0.3, -0.25) is 13.3 Å². The van der Waals surface area contributed by atoms with Crippen molar-refractivity contribution in [3.63, 3.8) is 0 Å². The molecule has 0 aliphatic carbocycles. The third-order valence-corrected chi connectivity index (χ3v) is 8.10. The zero-order valence-corrected chi connectivity index (χ0v) is 25.4. The van der Waals surface area contributed by atoms with Crippen molar-refractivity contribution in [2.45, 2.75) is 33.2 Å². The van der Waals surface area contributed by atoms with Crippen LogP contribution in [0.2, 0.25) is 0 Å². The average Bonchev–Trinajstić information content (AvgIpc) is 3.49. The molecule has 0 saturated carbocycles. The van der Waals surface area contributed by atoms with Crippen LogP contribution in [-0.2, 0) is 32.2 Å². The van der Waals surface area contributed by atoms with Crippen LogP contribution in [0.15, 0.2) is 88.7 Å². The van der Waals surface area contributed by atoms with Gasteiger partial charge in [0.2, 0.25) is 11.5 Å². The molecule has 10 nitrogen and oxygen atoms in total. The quantitative estimate of drug-likeness (QED) is 0.0886. The molecule has 2 heterocycles. The Morgan fingerprint density at radius 1 is 1.09 bits per heavy atom. The molecule has 0 bridgehead atoms. The monoisotopic (exact) mass is 625 g/mol. The van der Waals surface area contributed by atoms with Gasteiger partial charge in [0.25, 0.3) is 15.6 Å². The number of hydrogen-bond acceptors (Lipinski definition) is 7. The molecule has 0 amide bonds. The summed E-state index contributed by atoms with van der Waals surface area (Å²) >= 11 is -2.33. The van der Waals surface area contributed by atoms with E-state index in [1.807, 2.05) is 97.6 Å². The predicted octanol–water partition coefficient (Wildman–Crippen LogP) is 5.66. The van der Waals surface area contributed by atoms with Crippen molar-refractivity contribution in [1.82, 2.24) is 0 Å². The van der Waals surface area contributed by atoms with Crippen LogP contribution in [0.5, 0.6) is 5.75 Å². The Morgan fingerprint density at radius 3 is 2.60 bits per heavy atom. The Balaban J connectivity index is 1.53. The number of rotatable bonds is 12. The van der Waals surface area contributed by atoms with E-state index in [9.17, 15) is 17.2 Å². The molecule has 2 N–H and O–H groups in total. The van der Waals surface area contributed by atoms with E-state index in [1.165, 1.54) is 0 Å². The summed E-state index contributed by atoms with van der Waals surface area (Å²) in [7, 11) is -4.23. The molecule has 0 spiro atoms. The molecule has 1 aliphatic rings. The summed E-state index contributed by atoms with van der Waals surface area (Å²) in [5, 5.41) is 0. The van der Waals surface area contributed by atoms with Crippen LogP contribution in [0, 0.1) is 6.92 Å². The highest BCUT2D eigenvalue weighted by Gasteiger charge is 2.28. The maximum Gasteiger partial charge on any atom is 0.374 e. The topological polar surface area (TPSA) is 130 Å². The van der Waals surface area contributed by atoms with Gasteiger partial charge in [0.15, 0.2) is 12.3 Å². The van der Waals surface area contributed by atoms with Crippen LogP contribution in [0.1, 0.15) is 31.2 Å². The lowest BCUT2D eigenvalue weighted by Crippen LogP contribution is -2.38. The highest BCUT2D eigenvalue weighted by atomic mass is 32.2. The number of benzene rings is 3. The largest absolute Gasteiger partial charge is 0.439 e.